The molecular formula is C18H21NO. The van der Waals surface area contributed by atoms with Gasteiger partial charge in [-0.2, -0.15) is 0 Å². The molecule has 104 valence electrons. The first-order chi connectivity index (χ1) is 9.47. The molecule has 2 aliphatic rings. The Balaban J connectivity index is 1.92. The van der Waals surface area contributed by atoms with Crippen LogP contribution in [0.3, 0.4) is 0 Å². The summed E-state index contributed by atoms with van der Waals surface area (Å²) in [5.41, 5.74) is 2.93. The average Bonchev–Trinajstić information content (AvgIpc) is 2.84. The van der Waals surface area contributed by atoms with E-state index in [1.54, 1.807) is 0 Å². The highest BCUT2D eigenvalue weighted by Crippen LogP contribution is 2.57. The van der Waals surface area contributed by atoms with E-state index < -0.39 is 0 Å². The Morgan fingerprint density at radius 2 is 1.95 bits per heavy atom. The van der Waals surface area contributed by atoms with E-state index >= 15 is 0 Å². The van der Waals surface area contributed by atoms with Crippen molar-refractivity contribution in [1.82, 2.24) is 4.90 Å². The van der Waals surface area contributed by atoms with Crippen molar-refractivity contribution in [2.75, 3.05) is 13.1 Å². The first kappa shape index (κ1) is 13.2. The second kappa shape index (κ2) is 4.34. The number of fused-ring (bicyclic) bond motifs is 1. The van der Waals surface area contributed by atoms with Crippen LogP contribution in [-0.2, 0) is 4.79 Å². The lowest BCUT2D eigenvalue weighted by Crippen LogP contribution is -2.30. The van der Waals surface area contributed by atoms with E-state index in [1.165, 1.54) is 17.2 Å². The van der Waals surface area contributed by atoms with Crippen LogP contribution in [0.5, 0.6) is 0 Å². The third kappa shape index (κ3) is 1.82. The van der Waals surface area contributed by atoms with E-state index in [4.69, 9.17) is 0 Å². The van der Waals surface area contributed by atoms with Gasteiger partial charge in [-0.25, -0.2) is 0 Å². The number of benzene rings is 1. The maximum absolute atomic E-state index is 11.9. The number of nitrogens with zero attached hydrogens (tertiary/aromatic N) is 1. The number of amides is 1. The summed E-state index contributed by atoms with van der Waals surface area (Å²) in [5.74, 6) is 0.0523. The summed E-state index contributed by atoms with van der Waals surface area (Å²) >= 11 is 0. The van der Waals surface area contributed by atoms with Crippen LogP contribution in [0.4, 0.5) is 0 Å². The number of allylic oxidation sites excluding steroid dienone is 1. The molecule has 0 radical (unpaired) electrons. The van der Waals surface area contributed by atoms with Gasteiger partial charge in [0.15, 0.2) is 0 Å². The first-order valence-electron chi connectivity index (χ1n) is 7.16. The van der Waals surface area contributed by atoms with Gasteiger partial charge in [0.1, 0.15) is 0 Å². The van der Waals surface area contributed by atoms with Gasteiger partial charge in [0.05, 0.1) is 0 Å². The summed E-state index contributed by atoms with van der Waals surface area (Å²) in [6.45, 7) is 9.80. The normalized spacial score (nSPS) is 31.9. The number of likely N-dealkylation sites (tertiary alicyclic amines) is 1. The van der Waals surface area contributed by atoms with Gasteiger partial charge in [0.25, 0.3) is 0 Å². The van der Waals surface area contributed by atoms with Gasteiger partial charge in [-0.15, -0.1) is 0 Å². The van der Waals surface area contributed by atoms with E-state index in [2.05, 4.69) is 50.8 Å². The van der Waals surface area contributed by atoms with Gasteiger partial charge in [-0.05, 0) is 29.0 Å². The smallest absolute Gasteiger partial charge is 0.246 e. The Morgan fingerprint density at radius 1 is 1.25 bits per heavy atom. The van der Waals surface area contributed by atoms with Crippen LogP contribution >= 0.6 is 0 Å². The summed E-state index contributed by atoms with van der Waals surface area (Å²) < 4.78 is 0. The molecule has 1 aliphatic heterocycles. The summed E-state index contributed by atoms with van der Waals surface area (Å²) in [6.07, 6.45) is 4.85. The molecule has 0 saturated carbocycles. The fraction of sp³-hybridized carbons (Fsp3) is 0.389. The number of carbonyl (C=O) groups is 1. The van der Waals surface area contributed by atoms with E-state index in [1.807, 2.05) is 11.0 Å². The van der Waals surface area contributed by atoms with E-state index in [0.29, 0.717) is 0 Å². The predicted octanol–water partition coefficient (Wildman–Crippen LogP) is 3.51. The van der Waals surface area contributed by atoms with Crippen molar-refractivity contribution in [2.24, 2.45) is 10.8 Å². The Kier molecular flexibility index (Phi) is 2.86. The van der Waals surface area contributed by atoms with Crippen molar-refractivity contribution >= 4 is 11.5 Å². The predicted molar refractivity (Wildman–Crippen MR) is 82.0 cm³/mol. The van der Waals surface area contributed by atoms with Gasteiger partial charge >= 0.3 is 0 Å². The highest BCUT2D eigenvalue weighted by Gasteiger charge is 2.55. The average molecular weight is 267 g/mol. The minimum Gasteiger partial charge on any atom is -0.338 e. The lowest BCUT2D eigenvalue weighted by molar-refractivity contribution is -0.125. The first-order valence-corrected chi connectivity index (χ1v) is 7.16. The van der Waals surface area contributed by atoms with Crippen molar-refractivity contribution in [3.05, 3.63) is 54.6 Å². The molecule has 1 amide bonds. The molecule has 2 atom stereocenters. The van der Waals surface area contributed by atoms with E-state index in [-0.39, 0.29) is 16.7 Å². The zero-order valence-electron chi connectivity index (χ0n) is 12.2. The molecule has 3 rings (SSSR count). The van der Waals surface area contributed by atoms with Crippen LogP contribution in [0.2, 0.25) is 0 Å². The second-order valence-corrected chi connectivity index (χ2v) is 6.59. The van der Waals surface area contributed by atoms with Crippen LogP contribution in [0.25, 0.3) is 5.57 Å². The van der Waals surface area contributed by atoms with Crippen molar-refractivity contribution in [2.45, 2.75) is 20.3 Å². The summed E-state index contributed by atoms with van der Waals surface area (Å²) in [7, 11) is 0. The Labute approximate surface area is 120 Å². The van der Waals surface area contributed by atoms with E-state index in [0.717, 1.165) is 19.5 Å². The lowest BCUT2D eigenvalue weighted by atomic mass is 9.70. The highest BCUT2D eigenvalue weighted by molar-refractivity contribution is 5.87. The molecule has 0 aromatic heterocycles. The van der Waals surface area contributed by atoms with E-state index in [9.17, 15) is 4.79 Å². The SMILES string of the molecule is C=CC(=O)N1C[C@@]2(C)CC(c3ccccc3)=C[C@@]2(C)C1. The van der Waals surface area contributed by atoms with Crippen molar-refractivity contribution < 1.29 is 4.79 Å². The zero-order chi connectivity index (χ0) is 14.4. The standard InChI is InChI=1S/C18H21NO/c1-4-16(20)19-12-17(2)10-15(11-18(17,3)13-19)14-8-6-5-7-9-14/h4-10H,1,11-13H2,2-3H3/t17-,18+/m0/s1. The third-order valence-electron chi connectivity index (χ3n) is 5.14. The largest absolute Gasteiger partial charge is 0.338 e. The molecule has 1 aliphatic carbocycles. The monoisotopic (exact) mass is 267 g/mol. The highest BCUT2D eigenvalue weighted by atomic mass is 16.2. The Bertz CT molecular complexity index is 589. The van der Waals surface area contributed by atoms with Gasteiger partial charge < -0.3 is 4.90 Å². The fourth-order valence-electron chi connectivity index (χ4n) is 3.70. The molecule has 0 unspecified atom stereocenters. The Hall–Kier alpha value is -1.83. The molecule has 0 bridgehead atoms. The van der Waals surface area contributed by atoms with Crippen LogP contribution in [0, 0.1) is 10.8 Å². The molecular weight excluding hydrogens is 246 g/mol. The molecule has 0 spiro atoms. The second-order valence-electron chi connectivity index (χ2n) is 6.59. The molecule has 1 saturated heterocycles. The molecule has 1 heterocycles. The number of hydrogen-bond acceptors (Lipinski definition) is 1. The molecule has 1 aromatic rings. The number of rotatable bonds is 2. The quantitative estimate of drug-likeness (QED) is 0.751. The minimum atomic E-state index is 0.0523. The summed E-state index contributed by atoms with van der Waals surface area (Å²) in [6, 6.07) is 10.6. The number of hydrogen-bond donors (Lipinski definition) is 0. The number of carbonyl (C=O) groups excluding carboxylic acids is 1. The van der Waals surface area contributed by atoms with Crippen molar-refractivity contribution in [3.63, 3.8) is 0 Å². The van der Waals surface area contributed by atoms with Crippen molar-refractivity contribution in [3.8, 4) is 0 Å². The van der Waals surface area contributed by atoms with Gasteiger partial charge in [-0.1, -0.05) is 56.8 Å². The topological polar surface area (TPSA) is 20.3 Å². The Morgan fingerprint density at radius 3 is 2.55 bits per heavy atom. The maximum atomic E-state index is 11.9. The van der Waals surface area contributed by atoms with Crippen LogP contribution in [-0.4, -0.2) is 23.9 Å². The summed E-state index contributed by atoms with van der Waals surface area (Å²) in [4.78, 5) is 13.8. The fourth-order valence-corrected chi connectivity index (χ4v) is 3.70. The van der Waals surface area contributed by atoms with Crippen LogP contribution in [0.15, 0.2) is 49.1 Å². The molecule has 20 heavy (non-hydrogen) atoms. The molecule has 0 N–H and O–H groups in total. The minimum absolute atomic E-state index is 0.0523. The van der Waals surface area contributed by atoms with Gasteiger partial charge in [-0.3, -0.25) is 4.79 Å². The third-order valence-corrected chi connectivity index (χ3v) is 5.14. The molecule has 1 fully saturated rings. The zero-order valence-corrected chi connectivity index (χ0v) is 12.2. The maximum Gasteiger partial charge on any atom is 0.246 e. The van der Waals surface area contributed by atoms with Gasteiger partial charge in [0.2, 0.25) is 5.91 Å². The molecule has 1 aromatic carbocycles. The van der Waals surface area contributed by atoms with Gasteiger partial charge in [0, 0.05) is 18.5 Å². The van der Waals surface area contributed by atoms with Crippen LogP contribution < -0.4 is 0 Å². The lowest BCUT2D eigenvalue weighted by Gasteiger charge is -2.31. The van der Waals surface area contributed by atoms with Crippen molar-refractivity contribution in [1.29, 1.82) is 0 Å². The van der Waals surface area contributed by atoms with Crippen LogP contribution in [0.1, 0.15) is 25.8 Å². The summed E-state index contributed by atoms with van der Waals surface area (Å²) in [5, 5.41) is 0. The molecule has 2 nitrogen and oxygen atoms in total. The molecule has 2 heteroatoms.